The van der Waals surface area contributed by atoms with Crippen LogP contribution in [0.2, 0.25) is 0 Å². The molecule has 0 aliphatic rings. The van der Waals surface area contributed by atoms with Gasteiger partial charge in [-0.25, -0.2) is 9.13 Å². The van der Waals surface area contributed by atoms with Crippen molar-refractivity contribution in [1.29, 1.82) is 0 Å². The minimum Gasteiger partial charge on any atom is -0.463 e. The van der Waals surface area contributed by atoms with Gasteiger partial charge in [0.05, 0.1) is 26.4 Å². The number of aliphatic hydroxyl groups is 2. The normalized spacial score (nSPS) is 14.4. The first-order chi connectivity index (χ1) is 58.2. The molecule has 0 radical (unpaired) electrons. The Morgan fingerprint density at radius 1 is 0.244 bits per heavy atom. The summed E-state index contributed by atoms with van der Waals surface area (Å²) in [5.74, 6) is -1.58. The number of aliphatic hydroxyl groups excluding tert-OH is 2. The second kappa shape index (κ2) is 92.6. The van der Waals surface area contributed by atoms with Gasteiger partial charge in [-0.15, -0.1) is 0 Å². The zero-order chi connectivity index (χ0) is 86.5. The molecule has 5 unspecified atom stereocenters. The van der Waals surface area contributed by atoms with Gasteiger partial charge in [-0.3, -0.25) is 32.5 Å². The topological polar surface area (TPSA) is 231 Å². The maximum Gasteiger partial charge on any atom is 0.472 e. The predicted molar refractivity (Wildman–Crippen MR) is 500 cm³/mol. The number of hydrogen-bond acceptors (Lipinski definition) is 14. The molecule has 0 aromatic carbocycles. The van der Waals surface area contributed by atoms with Gasteiger partial charge in [-0.1, -0.05) is 398 Å². The lowest BCUT2D eigenvalue weighted by Crippen LogP contribution is -2.30. The second-order valence-electron chi connectivity index (χ2n) is 32.1. The van der Waals surface area contributed by atoms with Crippen LogP contribution in [0.4, 0.5) is 0 Å². The van der Waals surface area contributed by atoms with Gasteiger partial charge in [-0.05, 0) is 148 Å². The molecule has 4 N–H and O–H groups in total. The number of phosphoric ester groups is 2. The fourth-order valence-corrected chi connectivity index (χ4v) is 14.8. The van der Waals surface area contributed by atoms with Crippen LogP contribution in [0.15, 0.2) is 146 Å². The molecule has 18 heteroatoms. The number of carbonyl (C=O) groups excluding carboxylic acids is 3. The van der Waals surface area contributed by atoms with Crippen molar-refractivity contribution < 1.29 is 75.8 Å². The van der Waals surface area contributed by atoms with Gasteiger partial charge in [0.25, 0.3) is 0 Å². The number of hydrogen-bond donors (Lipinski definition) is 4. The molecular formula is C101H176O16P2. The van der Waals surface area contributed by atoms with Gasteiger partial charge in [-0.2, -0.15) is 0 Å². The average Bonchev–Trinajstić information content (AvgIpc) is 0.902. The maximum atomic E-state index is 13.1. The number of carbonyl (C=O) groups is 3. The molecule has 0 aromatic heterocycles. The van der Waals surface area contributed by atoms with Crippen LogP contribution >= 0.6 is 15.6 Å². The quantitative estimate of drug-likeness (QED) is 0.0146. The first-order valence-corrected chi connectivity index (χ1v) is 51.1. The zero-order valence-corrected chi connectivity index (χ0v) is 77.5. The van der Waals surface area contributed by atoms with E-state index in [4.69, 9.17) is 32.3 Å². The second-order valence-corrected chi connectivity index (χ2v) is 35.0. The molecule has 0 rings (SSSR count). The van der Waals surface area contributed by atoms with Crippen LogP contribution in [0.25, 0.3) is 0 Å². The summed E-state index contributed by atoms with van der Waals surface area (Å²) in [6.07, 6.45) is 118. The Morgan fingerprint density at radius 2 is 0.445 bits per heavy atom. The highest BCUT2D eigenvalue weighted by atomic mass is 31.2. The summed E-state index contributed by atoms with van der Waals surface area (Å²) in [5.41, 5.74) is 0. The lowest BCUT2D eigenvalue weighted by atomic mass is 10.0. The van der Waals surface area contributed by atoms with Gasteiger partial charge < -0.3 is 34.2 Å². The van der Waals surface area contributed by atoms with Gasteiger partial charge in [0.1, 0.15) is 25.4 Å². The highest BCUT2D eigenvalue weighted by Crippen LogP contribution is 2.45. The average molecular weight is 1710 g/mol. The molecule has 0 saturated heterocycles. The molecule has 0 bridgehead atoms. The number of esters is 3. The Hall–Kier alpha value is -4.57. The fraction of sp³-hybridized carbons (Fsp3) is 0.733. The van der Waals surface area contributed by atoms with Crippen molar-refractivity contribution in [2.24, 2.45) is 0 Å². The fourth-order valence-electron chi connectivity index (χ4n) is 13.2. The van der Waals surface area contributed by atoms with Crippen molar-refractivity contribution in [3.63, 3.8) is 0 Å². The number of rotatable bonds is 91. The van der Waals surface area contributed by atoms with Crippen LogP contribution in [-0.4, -0.2) is 95.9 Å². The van der Waals surface area contributed by atoms with Crippen molar-refractivity contribution in [1.82, 2.24) is 0 Å². The smallest absolute Gasteiger partial charge is 0.463 e. The summed E-state index contributed by atoms with van der Waals surface area (Å²) >= 11 is 0. The van der Waals surface area contributed by atoms with Crippen LogP contribution in [0.3, 0.4) is 0 Å². The minimum atomic E-state index is -4.95. The molecule has 0 aromatic rings. The molecule has 686 valence electrons. The molecular weight excluding hydrogens is 1530 g/mol. The van der Waals surface area contributed by atoms with Gasteiger partial charge in [0.2, 0.25) is 0 Å². The lowest BCUT2D eigenvalue weighted by Gasteiger charge is -2.21. The minimum absolute atomic E-state index is 0.0862. The first-order valence-electron chi connectivity index (χ1n) is 48.1. The standard InChI is InChI=1S/C101H176O16P2/c1-4-7-10-13-16-19-22-25-28-31-34-36-38-40-42-44-45-46-47-48-49-51-53-54-56-58-61-63-66-69-72-75-78-81-84-87-99(104)111-90-96(102)91-113-118(107,108)114-92-97(103)93-115-119(109,110)116-95-98(117-101(106)89-86-83-80-77-74-71-68-65-60-33-30-27-24-21-18-15-12-9-6-3)94-112-100(105)88-85-82-79-76-73-70-67-64-62-59-57-55-52-50-43-41-39-37-35-32-29-26-23-20-17-14-11-8-5-2/h9,12,16-21,25-30,34-37,40-43,60,65,96-98,102-103H,4-8,10-11,13-15,22-24,31-33,38-39,44-59,61-64,66-95H2,1-3H3,(H,107,108)(H,109,110)/b12-9-,19-16-,20-17-,21-18-,28-25-,29-26-,30-27-,36-34-,37-35-,42-40-,43-41-,65-60-. The molecule has 0 aliphatic carbocycles. The van der Waals surface area contributed by atoms with E-state index in [2.05, 4.69) is 167 Å². The summed E-state index contributed by atoms with van der Waals surface area (Å²) in [6, 6.07) is 0. The molecule has 119 heavy (non-hydrogen) atoms. The molecule has 0 fully saturated rings. The third kappa shape index (κ3) is 94.0. The highest BCUT2D eigenvalue weighted by Gasteiger charge is 2.30. The van der Waals surface area contributed by atoms with Crippen molar-refractivity contribution in [3.05, 3.63) is 146 Å². The summed E-state index contributed by atoms with van der Waals surface area (Å²) in [4.78, 5) is 59.0. The van der Waals surface area contributed by atoms with Crippen LogP contribution < -0.4 is 0 Å². The highest BCUT2D eigenvalue weighted by molar-refractivity contribution is 7.47. The van der Waals surface area contributed by atoms with E-state index in [0.717, 1.165) is 154 Å². The Morgan fingerprint density at radius 3 is 0.706 bits per heavy atom. The molecule has 0 amide bonds. The van der Waals surface area contributed by atoms with Crippen molar-refractivity contribution >= 4 is 33.6 Å². The summed E-state index contributed by atoms with van der Waals surface area (Å²) < 4.78 is 61.5. The van der Waals surface area contributed by atoms with E-state index in [1.165, 1.54) is 205 Å². The lowest BCUT2D eigenvalue weighted by molar-refractivity contribution is -0.161. The summed E-state index contributed by atoms with van der Waals surface area (Å²) in [6.45, 7) is 2.56. The molecule has 5 atom stereocenters. The SMILES string of the molecule is CC/C=C\C/C=C\C/C=C\C/C=C\CCCCCCCCC(=O)OC(COC(=O)CCCCCCCCCCCCCCC/C=C\C/C=C\C/C=C\C/C=C\CCCCC)COP(=O)(O)OCC(O)COP(=O)(O)OCC(O)COC(=O)CCCCCCCCCCCCCCCCCCCCC/C=C\C/C=C\C/C=C\C/C=C\CCCCC. The van der Waals surface area contributed by atoms with E-state index < -0.39 is 91.5 Å². The van der Waals surface area contributed by atoms with Gasteiger partial charge in [0, 0.05) is 19.3 Å². The monoisotopic (exact) mass is 1710 g/mol. The van der Waals surface area contributed by atoms with E-state index in [1.807, 2.05) is 0 Å². The Kier molecular flexibility index (Phi) is 89.1. The number of phosphoric acid groups is 2. The number of unbranched alkanes of at least 4 members (excludes halogenated alkanes) is 44. The third-order valence-corrected chi connectivity index (χ3v) is 22.4. The summed E-state index contributed by atoms with van der Waals surface area (Å²) in [5, 5.41) is 20.8. The Balaban J connectivity index is 4.49. The van der Waals surface area contributed by atoms with Gasteiger partial charge >= 0.3 is 33.6 Å². The van der Waals surface area contributed by atoms with Crippen molar-refractivity contribution in [3.8, 4) is 0 Å². The zero-order valence-electron chi connectivity index (χ0n) is 75.8. The number of ether oxygens (including phenoxy) is 3. The molecule has 0 saturated carbocycles. The van der Waals surface area contributed by atoms with E-state index >= 15 is 0 Å². The van der Waals surface area contributed by atoms with Crippen LogP contribution in [0, 0.1) is 0 Å². The van der Waals surface area contributed by atoms with Crippen molar-refractivity contribution in [2.45, 2.75) is 437 Å². The van der Waals surface area contributed by atoms with E-state index in [1.54, 1.807) is 0 Å². The number of allylic oxidation sites excluding steroid dienone is 24. The van der Waals surface area contributed by atoms with E-state index in [0.29, 0.717) is 19.3 Å². The van der Waals surface area contributed by atoms with Crippen LogP contribution in [-0.2, 0) is 55.8 Å². The van der Waals surface area contributed by atoms with Crippen molar-refractivity contribution in [2.75, 3.05) is 39.6 Å². The predicted octanol–water partition coefficient (Wildman–Crippen LogP) is 29.9. The van der Waals surface area contributed by atoms with E-state index in [9.17, 15) is 43.5 Å². The van der Waals surface area contributed by atoms with E-state index in [-0.39, 0.29) is 19.3 Å². The van der Waals surface area contributed by atoms with Gasteiger partial charge in [0.15, 0.2) is 6.10 Å². The molecule has 0 heterocycles. The maximum absolute atomic E-state index is 13.1. The molecule has 16 nitrogen and oxygen atoms in total. The molecule has 0 aliphatic heterocycles. The summed E-state index contributed by atoms with van der Waals surface area (Å²) in [7, 11) is -9.81. The Labute approximate surface area is 728 Å². The Bertz CT molecular complexity index is 2740. The first kappa shape index (κ1) is 114. The molecule has 0 spiro atoms. The largest absolute Gasteiger partial charge is 0.472 e. The third-order valence-electron chi connectivity index (χ3n) is 20.5. The van der Waals surface area contributed by atoms with Crippen LogP contribution in [0.1, 0.15) is 419 Å². The van der Waals surface area contributed by atoms with Crippen LogP contribution in [0.5, 0.6) is 0 Å².